The van der Waals surface area contributed by atoms with Gasteiger partial charge >= 0.3 is 0 Å². The normalized spacial score (nSPS) is 11.6. The van der Waals surface area contributed by atoms with Crippen molar-refractivity contribution < 1.29 is 4.39 Å². The van der Waals surface area contributed by atoms with E-state index in [2.05, 4.69) is 20.6 Å². The molecule has 0 atom stereocenters. The summed E-state index contributed by atoms with van der Waals surface area (Å²) >= 11 is 1.45. The summed E-state index contributed by atoms with van der Waals surface area (Å²) in [7, 11) is 1.82. The minimum absolute atomic E-state index is 0.327. The molecule has 0 saturated heterocycles. The third-order valence-electron chi connectivity index (χ3n) is 2.85. The van der Waals surface area contributed by atoms with Gasteiger partial charge < -0.3 is 0 Å². The standard InChI is InChI=1S/C13H12FN5S/c1-8-7-20-13(17-8)18-15-5-9-4-12-10(3-11(9)14)6-16-19(12)2/h3-7H,1-2H3,(H,17,18). The molecule has 0 spiro atoms. The van der Waals surface area contributed by atoms with Crippen molar-refractivity contribution in [1.82, 2.24) is 14.8 Å². The number of benzene rings is 1. The third-order valence-corrected chi connectivity index (χ3v) is 3.71. The van der Waals surface area contributed by atoms with E-state index in [1.54, 1.807) is 16.9 Å². The Labute approximate surface area is 118 Å². The van der Waals surface area contributed by atoms with Crippen LogP contribution in [0.4, 0.5) is 9.52 Å². The topological polar surface area (TPSA) is 55.1 Å². The summed E-state index contributed by atoms with van der Waals surface area (Å²) in [6, 6.07) is 3.17. The highest BCUT2D eigenvalue weighted by Crippen LogP contribution is 2.18. The zero-order valence-electron chi connectivity index (χ0n) is 11.0. The van der Waals surface area contributed by atoms with Gasteiger partial charge in [-0.3, -0.25) is 10.1 Å². The molecule has 2 heterocycles. The van der Waals surface area contributed by atoms with E-state index in [4.69, 9.17) is 0 Å². The van der Waals surface area contributed by atoms with E-state index in [1.165, 1.54) is 23.6 Å². The summed E-state index contributed by atoms with van der Waals surface area (Å²) in [6.45, 7) is 1.90. The zero-order chi connectivity index (χ0) is 14.1. The van der Waals surface area contributed by atoms with Crippen LogP contribution in [0.15, 0.2) is 28.8 Å². The summed E-state index contributed by atoms with van der Waals surface area (Å²) in [6.07, 6.45) is 3.08. The van der Waals surface area contributed by atoms with E-state index in [9.17, 15) is 4.39 Å². The molecule has 7 heteroatoms. The number of hydrazone groups is 1. The van der Waals surface area contributed by atoms with Gasteiger partial charge in [-0.15, -0.1) is 11.3 Å². The number of nitrogens with zero attached hydrogens (tertiary/aromatic N) is 4. The number of aromatic nitrogens is 3. The molecule has 0 fully saturated rings. The summed E-state index contributed by atoms with van der Waals surface area (Å²) in [5.74, 6) is -0.327. The maximum Gasteiger partial charge on any atom is 0.203 e. The van der Waals surface area contributed by atoms with Crippen LogP contribution in [-0.2, 0) is 7.05 Å². The lowest BCUT2D eigenvalue weighted by atomic mass is 10.1. The molecule has 5 nitrogen and oxygen atoms in total. The first-order valence-electron chi connectivity index (χ1n) is 5.96. The molecule has 0 bridgehead atoms. The maximum absolute atomic E-state index is 13.9. The van der Waals surface area contributed by atoms with Crippen molar-refractivity contribution >= 4 is 33.6 Å². The molecule has 0 unspecified atom stereocenters. The van der Waals surface area contributed by atoms with Crippen molar-refractivity contribution in [3.63, 3.8) is 0 Å². The van der Waals surface area contributed by atoms with Crippen LogP contribution in [0.5, 0.6) is 0 Å². The van der Waals surface area contributed by atoms with Crippen LogP contribution in [0.1, 0.15) is 11.3 Å². The van der Waals surface area contributed by atoms with Gasteiger partial charge in [-0.25, -0.2) is 9.37 Å². The Bertz CT molecular complexity index is 789. The zero-order valence-corrected chi connectivity index (χ0v) is 11.8. The number of hydrogen-bond donors (Lipinski definition) is 1. The van der Waals surface area contributed by atoms with Gasteiger partial charge in [0.05, 0.1) is 23.6 Å². The third kappa shape index (κ3) is 2.39. The van der Waals surface area contributed by atoms with Crippen molar-refractivity contribution in [3.05, 3.63) is 40.8 Å². The smallest absolute Gasteiger partial charge is 0.203 e. The van der Waals surface area contributed by atoms with E-state index in [1.807, 2.05) is 19.4 Å². The minimum Gasteiger partial charge on any atom is -0.268 e. The number of anilines is 1. The average molecular weight is 289 g/mol. The highest BCUT2D eigenvalue weighted by Gasteiger charge is 2.06. The Morgan fingerprint density at radius 3 is 3.05 bits per heavy atom. The van der Waals surface area contributed by atoms with Gasteiger partial charge in [0.25, 0.3) is 0 Å². The molecule has 0 aliphatic rings. The first-order chi connectivity index (χ1) is 9.63. The lowest BCUT2D eigenvalue weighted by molar-refractivity contribution is 0.627. The molecular weight excluding hydrogens is 277 g/mol. The van der Waals surface area contributed by atoms with Crippen molar-refractivity contribution in [2.75, 3.05) is 5.43 Å². The van der Waals surface area contributed by atoms with E-state index in [0.29, 0.717) is 10.7 Å². The number of aryl methyl sites for hydroxylation is 2. The fourth-order valence-corrected chi connectivity index (χ4v) is 2.49. The Morgan fingerprint density at radius 2 is 2.30 bits per heavy atom. The van der Waals surface area contributed by atoms with Crippen LogP contribution in [0.25, 0.3) is 10.9 Å². The second kappa shape index (κ2) is 5.01. The van der Waals surface area contributed by atoms with E-state index < -0.39 is 0 Å². The Hall–Kier alpha value is -2.28. The molecule has 0 aliphatic carbocycles. The van der Waals surface area contributed by atoms with Gasteiger partial charge in [0.15, 0.2) is 0 Å². The predicted molar refractivity (Wildman–Crippen MR) is 78.7 cm³/mol. The van der Waals surface area contributed by atoms with Crippen LogP contribution >= 0.6 is 11.3 Å². The largest absolute Gasteiger partial charge is 0.268 e. The van der Waals surface area contributed by atoms with Gasteiger partial charge in [-0.1, -0.05) is 0 Å². The summed E-state index contributed by atoms with van der Waals surface area (Å²) in [5.41, 5.74) is 4.98. The SMILES string of the molecule is Cc1csc(NN=Cc2cc3c(cnn3C)cc2F)n1. The first-order valence-corrected chi connectivity index (χ1v) is 6.84. The first kappa shape index (κ1) is 12.7. The molecule has 2 aromatic heterocycles. The molecule has 0 aliphatic heterocycles. The van der Waals surface area contributed by atoms with Gasteiger partial charge in [-0.05, 0) is 19.1 Å². The molecule has 0 amide bonds. The van der Waals surface area contributed by atoms with Crippen LogP contribution in [0.2, 0.25) is 0 Å². The highest BCUT2D eigenvalue weighted by atomic mass is 32.1. The molecule has 3 aromatic rings. The fraction of sp³-hybridized carbons (Fsp3) is 0.154. The van der Waals surface area contributed by atoms with Gasteiger partial charge in [-0.2, -0.15) is 10.2 Å². The number of hydrogen-bond acceptors (Lipinski definition) is 5. The number of halogens is 1. The van der Waals surface area contributed by atoms with Gasteiger partial charge in [0.1, 0.15) is 5.82 Å². The fourth-order valence-electron chi connectivity index (χ4n) is 1.85. The van der Waals surface area contributed by atoms with Gasteiger partial charge in [0.2, 0.25) is 5.13 Å². The van der Waals surface area contributed by atoms with Crippen LogP contribution in [0, 0.1) is 12.7 Å². The van der Waals surface area contributed by atoms with Crippen molar-refractivity contribution in [3.8, 4) is 0 Å². The van der Waals surface area contributed by atoms with Crippen LogP contribution in [-0.4, -0.2) is 21.0 Å². The average Bonchev–Trinajstić information content (AvgIpc) is 2.98. The molecule has 1 aromatic carbocycles. The molecule has 1 N–H and O–H groups in total. The van der Waals surface area contributed by atoms with Crippen LogP contribution < -0.4 is 5.43 Å². The maximum atomic E-state index is 13.9. The number of nitrogens with one attached hydrogen (secondary N) is 1. The predicted octanol–water partition coefficient (Wildman–Crippen LogP) is 2.92. The number of rotatable bonds is 3. The molecule has 20 heavy (non-hydrogen) atoms. The molecular formula is C13H12FN5S. The number of thiazole rings is 1. The monoisotopic (exact) mass is 289 g/mol. The van der Waals surface area contributed by atoms with Crippen molar-refractivity contribution in [2.24, 2.45) is 12.1 Å². The quantitative estimate of drug-likeness (QED) is 0.596. The van der Waals surface area contributed by atoms with E-state index in [0.717, 1.165) is 16.6 Å². The van der Waals surface area contributed by atoms with Crippen LogP contribution in [0.3, 0.4) is 0 Å². The summed E-state index contributed by atoms with van der Waals surface area (Å²) in [5, 5.41) is 11.5. The minimum atomic E-state index is -0.327. The lowest BCUT2D eigenvalue weighted by Crippen LogP contribution is -1.95. The summed E-state index contributed by atoms with van der Waals surface area (Å²) < 4.78 is 15.6. The molecule has 102 valence electrons. The van der Waals surface area contributed by atoms with E-state index >= 15 is 0 Å². The molecule has 3 rings (SSSR count). The van der Waals surface area contributed by atoms with Crippen molar-refractivity contribution in [1.29, 1.82) is 0 Å². The second-order valence-electron chi connectivity index (χ2n) is 4.36. The van der Waals surface area contributed by atoms with Crippen molar-refractivity contribution in [2.45, 2.75) is 6.92 Å². The Morgan fingerprint density at radius 1 is 1.45 bits per heavy atom. The highest BCUT2D eigenvalue weighted by molar-refractivity contribution is 7.13. The van der Waals surface area contributed by atoms with Gasteiger partial charge in [0, 0.05) is 23.4 Å². The number of fused-ring (bicyclic) bond motifs is 1. The Balaban J connectivity index is 1.86. The second-order valence-corrected chi connectivity index (χ2v) is 5.22. The molecule has 0 radical (unpaired) electrons. The summed E-state index contributed by atoms with van der Waals surface area (Å²) in [4.78, 5) is 4.21. The lowest BCUT2D eigenvalue weighted by Gasteiger charge is -1.99. The Kier molecular flexibility index (Phi) is 3.19. The van der Waals surface area contributed by atoms with E-state index in [-0.39, 0.29) is 5.82 Å². The molecule has 0 saturated carbocycles.